The van der Waals surface area contributed by atoms with Gasteiger partial charge in [0.15, 0.2) is 11.5 Å². The quantitative estimate of drug-likeness (QED) is 0.454. The summed E-state index contributed by atoms with van der Waals surface area (Å²) in [7, 11) is 1.53. The highest BCUT2D eigenvalue weighted by atomic mass is 35.5. The maximum absolute atomic E-state index is 10.6. The summed E-state index contributed by atoms with van der Waals surface area (Å²) in [5.41, 5.74) is 3.28. The maximum atomic E-state index is 10.6. The van der Waals surface area contributed by atoms with E-state index in [2.05, 4.69) is 15.5 Å². The highest BCUT2D eigenvalue weighted by Crippen LogP contribution is 2.36. The highest BCUT2D eigenvalue weighted by molar-refractivity contribution is 6.32. The topological polar surface area (TPSA) is 98.9 Å². The number of hydrogen-bond acceptors (Lipinski definition) is 7. The molecular formula is C16H17ClN4O4. The van der Waals surface area contributed by atoms with Gasteiger partial charge < -0.3 is 9.47 Å². The second-order valence-electron chi connectivity index (χ2n) is 5.23. The molecule has 25 heavy (non-hydrogen) atoms. The van der Waals surface area contributed by atoms with Gasteiger partial charge in [-0.1, -0.05) is 11.6 Å². The summed E-state index contributed by atoms with van der Waals surface area (Å²) in [6.45, 7) is 3.79. The van der Waals surface area contributed by atoms with Crippen LogP contribution in [-0.4, -0.2) is 29.3 Å². The van der Waals surface area contributed by atoms with Crippen molar-refractivity contribution in [2.24, 2.45) is 5.10 Å². The third kappa shape index (κ3) is 5.05. The third-order valence-corrected chi connectivity index (χ3v) is 3.24. The van der Waals surface area contributed by atoms with Crippen LogP contribution in [0.25, 0.3) is 0 Å². The van der Waals surface area contributed by atoms with E-state index in [1.165, 1.54) is 25.5 Å². The molecule has 0 radical (unpaired) electrons. The monoisotopic (exact) mass is 364 g/mol. The van der Waals surface area contributed by atoms with E-state index in [9.17, 15) is 10.1 Å². The molecule has 2 aromatic rings. The van der Waals surface area contributed by atoms with E-state index in [-0.39, 0.29) is 11.8 Å². The van der Waals surface area contributed by atoms with Gasteiger partial charge in [0.2, 0.25) is 0 Å². The molecule has 8 nitrogen and oxygen atoms in total. The number of hydrogen-bond donors (Lipinski definition) is 1. The van der Waals surface area contributed by atoms with Crippen LogP contribution >= 0.6 is 11.6 Å². The Morgan fingerprint density at radius 2 is 2.16 bits per heavy atom. The Labute approximate surface area is 149 Å². The van der Waals surface area contributed by atoms with Gasteiger partial charge in [0.25, 0.3) is 5.69 Å². The van der Waals surface area contributed by atoms with Crippen molar-refractivity contribution in [3.8, 4) is 11.5 Å². The van der Waals surface area contributed by atoms with Crippen molar-refractivity contribution in [2.75, 3.05) is 12.5 Å². The minimum atomic E-state index is -0.519. The van der Waals surface area contributed by atoms with Gasteiger partial charge in [0.05, 0.1) is 29.4 Å². The number of aromatic nitrogens is 1. The first kappa shape index (κ1) is 18.5. The predicted molar refractivity (Wildman–Crippen MR) is 95.9 cm³/mol. The van der Waals surface area contributed by atoms with Crippen molar-refractivity contribution in [1.82, 2.24) is 4.98 Å². The lowest BCUT2D eigenvalue weighted by Gasteiger charge is -2.15. The molecule has 1 N–H and O–H groups in total. The maximum Gasteiger partial charge on any atom is 0.287 e. The van der Waals surface area contributed by atoms with Gasteiger partial charge in [-0.05, 0) is 37.6 Å². The third-order valence-electron chi connectivity index (χ3n) is 2.96. The van der Waals surface area contributed by atoms with Crippen molar-refractivity contribution in [1.29, 1.82) is 0 Å². The van der Waals surface area contributed by atoms with E-state index in [1.807, 2.05) is 13.8 Å². The van der Waals surface area contributed by atoms with Crippen LogP contribution in [0.5, 0.6) is 11.5 Å². The molecule has 0 atom stereocenters. The summed E-state index contributed by atoms with van der Waals surface area (Å²) in [4.78, 5) is 14.0. The number of pyridine rings is 1. The lowest BCUT2D eigenvalue weighted by Crippen LogP contribution is -2.07. The fourth-order valence-electron chi connectivity index (χ4n) is 1.90. The molecule has 0 bridgehead atoms. The highest BCUT2D eigenvalue weighted by Gasteiger charge is 2.13. The van der Waals surface area contributed by atoms with Crippen LogP contribution in [-0.2, 0) is 0 Å². The van der Waals surface area contributed by atoms with E-state index in [0.29, 0.717) is 27.9 Å². The number of anilines is 1. The largest absolute Gasteiger partial charge is 0.493 e. The van der Waals surface area contributed by atoms with Crippen LogP contribution in [0, 0.1) is 10.1 Å². The molecule has 1 heterocycles. The first-order chi connectivity index (χ1) is 11.9. The molecule has 1 aromatic heterocycles. The van der Waals surface area contributed by atoms with Crippen LogP contribution in [0.3, 0.4) is 0 Å². The Morgan fingerprint density at radius 3 is 2.72 bits per heavy atom. The van der Waals surface area contributed by atoms with Gasteiger partial charge in [-0.15, -0.1) is 0 Å². The van der Waals surface area contributed by atoms with Crippen molar-refractivity contribution in [2.45, 2.75) is 20.0 Å². The number of nitrogens with zero attached hydrogens (tertiary/aromatic N) is 3. The lowest BCUT2D eigenvalue weighted by molar-refractivity contribution is -0.385. The van der Waals surface area contributed by atoms with Gasteiger partial charge in [-0.2, -0.15) is 5.10 Å². The van der Waals surface area contributed by atoms with E-state index in [0.717, 1.165) is 6.20 Å². The molecule has 0 aliphatic rings. The van der Waals surface area contributed by atoms with E-state index in [1.54, 1.807) is 12.1 Å². The minimum absolute atomic E-state index is 0.0409. The standard InChI is InChI=1S/C16H17ClN4O4/c1-10(2)25-16-13(17)6-11(7-14(16)24-3)8-19-20-15-5-4-12(9-18-15)21(22)23/h4-10H,1-3H3,(H,18,20)/b19-8+. The second kappa shape index (κ2) is 8.29. The molecule has 9 heteroatoms. The molecule has 0 aliphatic heterocycles. The number of hydrazone groups is 1. The molecular weight excluding hydrogens is 348 g/mol. The normalized spacial score (nSPS) is 10.9. The van der Waals surface area contributed by atoms with Crippen LogP contribution in [0.1, 0.15) is 19.4 Å². The number of halogens is 1. The number of benzene rings is 1. The fraction of sp³-hybridized carbons (Fsp3) is 0.250. The molecule has 0 unspecified atom stereocenters. The van der Waals surface area contributed by atoms with Crippen LogP contribution in [0.2, 0.25) is 5.02 Å². The minimum Gasteiger partial charge on any atom is -0.493 e. The summed E-state index contributed by atoms with van der Waals surface area (Å²) in [6, 6.07) is 6.22. The van der Waals surface area contributed by atoms with E-state index in [4.69, 9.17) is 21.1 Å². The van der Waals surface area contributed by atoms with Gasteiger partial charge in [-0.25, -0.2) is 4.98 Å². The Balaban J connectivity index is 2.12. The zero-order valence-electron chi connectivity index (χ0n) is 13.9. The van der Waals surface area contributed by atoms with Crippen LogP contribution in [0.15, 0.2) is 35.6 Å². The van der Waals surface area contributed by atoms with Crippen molar-refractivity contribution < 1.29 is 14.4 Å². The van der Waals surface area contributed by atoms with Crippen molar-refractivity contribution in [3.63, 3.8) is 0 Å². The second-order valence-corrected chi connectivity index (χ2v) is 5.64. The smallest absolute Gasteiger partial charge is 0.287 e. The Hall–Kier alpha value is -2.87. The zero-order chi connectivity index (χ0) is 18.4. The molecule has 0 saturated heterocycles. The van der Waals surface area contributed by atoms with Gasteiger partial charge in [0, 0.05) is 6.07 Å². The molecule has 0 amide bonds. The first-order valence-electron chi connectivity index (χ1n) is 7.34. The van der Waals surface area contributed by atoms with Gasteiger partial charge in [0.1, 0.15) is 12.0 Å². The Morgan fingerprint density at radius 1 is 1.40 bits per heavy atom. The Kier molecular flexibility index (Phi) is 6.13. The zero-order valence-corrected chi connectivity index (χ0v) is 14.6. The van der Waals surface area contributed by atoms with Gasteiger partial charge in [-0.3, -0.25) is 15.5 Å². The molecule has 0 aliphatic carbocycles. The first-order valence-corrected chi connectivity index (χ1v) is 7.72. The van der Waals surface area contributed by atoms with E-state index >= 15 is 0 Å². The predicted octanol–water partition coefficient (Wildman–Crippen LogP) is 3.89. The number of nitrogens with one attached hydrogen (secondary N) is 1. The summed E-state index contributed by atoms with van der Waals surface area (Å²) >= 11 is 6.24. The van der Waals surface area contributed by atoms with Crippen LogP contribution < -0.4 is 14.9 Å². The average Bonchev–Trinajstić information content (AvgIpc) is 2.57. The Bertz CT molecular complexity index is 778. The van der Waals surface area contributed by atoms with Gasteiger partial charge >= 0.3 is 0 Å². The summed E-state index contributed by atoms with van der Waals surface area (Å²) < 4.78 is 10.9. The SMILES string of the molecule is COc1cc(/C=N/Nc2ccc([N+](=O)[O-])cn2)cc(Cl)c1OC(C)C. The molecule has 0 saturated carbocycles. The number of methoxy groups -OCH3 is 1. The number of nitro groups is 1. The van der Waals surface area contributed by atoms with Crippen LogP contribution in [0.4, 0.5) is 11.5 Å². The van der Waals surface area contributed by atoms with Crippen molar-refractivity contribution in [3.05, 3.63) is 51.2 Å². The summed E-state index contributed by atoms with van der Waals surface area (Å²) in [5, 5.41) is 15.0. The molecule has 0 fully saturated rings. The summed E-state index contributed by atoms with van der Waals surface area (Å²) in [5.74, 6) is 1.34. The number of ether oxygens (including phenoxy) is 2. The molecule has 132 valence electrons. The van der Waals surface area contributed by atoms with Crippen molar-refractivity contribution >= 4 is 29.3 Å². The molecule has 2 rings (SSSR count). The fourth-order valence-corrected chi connectivity index (χ4v) is 2.16. The molecule has 0 spiro atoms. The van der Waals surface area contributed by atoms with E-state index < -0.39 is 4.92 Å². The molecule has 1 aromatic carbocycles. The summed E-state index contributed by atoms with van der Waals surface area (Å²) in [6.07, 6.45) is 2.63. The number of rotatable bonds is 7. The lowest BCUT2D eigenvalue weighted by atomic mass is 10.2. The average molecular weight is 365 g/mol.